The Hall–Kier alpha value is -1.03. The Kier molecular flexibility index (Phi) is 4.27. The van der Waals surface area contributed by atoms with Crippen LogP contribution in [0.3, 0.4) is 0 Å². The van der Waals surface area contributed by atoms with Crippen molar-refractivity contribution in [2.45, 2.75) is 32.9 Å². The first-order valence-electron chi connectivity index (χ1n) is 6.48. The molecule has 0 spiro atoms. The van der Waals surface area contributed by atoms with Crippen LogP contribution in [0.5, 0.6) is 5.75 Å². The number of rotatable bonds is 3. The molecule has 18 heavy (non-hydrogen) atoms. The normalized spacial score (nSPS) is 20.2. The van der Waals surface area contributed by atoms with E-state index < -0.39 is 0 Å². The van der Waals surface area contributed by atoms with E-state index >= 15 is 0 Å². The number of anilines is 2. The number of nitrogen functional groups attached to an aromatic ring is 1. The minimum absolute atomic E-state index is 0.150. The highest BCUT2D eigenvalue weighted by Gasteiger charge is 2.19. The van der Waals surface area contributed by atoms with Crippen LogP contribution in [0.15, 0.2) is 18.2 Å². The third-order valence-electron chi connectivity index (χ3n) is 3.06. The highest BCUT2D eigenvalue weighted by atomic mass is 32.2. The number of thioether (sulfide) groups is 1. The van der Waals surface area contributed by atoms with E-state index in [1.807, 2.05) is 31.7 Å². The summed E-state index contributed by atoms with van der Waals surface area (Å²) >= 11 is 2.02. The molecule has 3 nitrogen and oxygen atoms in total. The topological polar surface area (TPSA) is 38.5 Å². The number of ether oxygens (including phenoxy) is 1. The van der Waals surface area contributed by atoms with Crippen molar-refractivity contribution < 1.29 is 4.74 Å². The molecule has 2 N–H and O–H groups in total. The van der Waals surface area contributed by atoms with E-state index in [-0.39, 0.29) is 6.10 Å². The van der Waals surface area contributed by atoms with Crippen molar-refractivity contribution in [2.75, 3.05) is 28.7 Å². The van der Waals surface area contributed by atoms with Gasteiger partial charge in [0.25, 0.3) is 0 Å². The van der Waals surface area contributed by atoms with E-state index in [1.165, 1.54) is 17.2 Å². The zero-order valence-corrected chi connectivity index (χ0v) is 12.2. The van der Waals surface area contributed by atoms with E-state index in [2.05, 4.69) is 24.0 Å². The molecule has 1 heterocycles. The molecule has 1 unspecified atom stereocenters. The maximum Gasteiger partial charge on any atom is 0.144 e. The van der Waals surface area contributed by atoms with E-state index in [1.54, 1.807) is 0 Å². The standard InChI is InChI=1S/C14H22N2OS/c1-10(2)17-14-8-12(4-5-13(14)15)16-6-7-18-9-11(16)3/h4-5,8,10-11H,6-7,9,15H2,1-3H3. The van der Waals surface area contributed by atoms with Gasteiger partial charge in [-0.3, -0.25) is 0 Å². The molecule has 0 bridgehead atoms. The molecule has 0 aromatic heterocycles. The van der Waals surface area contributed by atoms with Crippen molar-refractivity contribution in [3.05, 3.63) is 18.2 Å². The molecular weight excluding hydrogens is 244 g/mol. The summed E-state index contributed by atoms with van der Waals surface area (Å²) in [5.41, 5.74) is 7.88. The van der Waals surface area contributed by atoms with Gasteiger partial charge in [-0.1, -0.05) is 0 Å². The van der Waals surface area contributed by atoms with Gasteiger partial charge in [-0.05, 0) is 32.9 Å². The minimum atomic E-state index is 0.150. The number of benzene rings is 1. The minimum Gasteiger partial charge on any atom is -0.489 e. The first-order valence-corrected chi connectivity index (χ1v) is 7.64. The number of nitrogens with two attached hydrogens (primary N) is 1. The largest absolute Gasteiger partial charge is 0.489 e. The Morgan fingerprint density at radius 1 is 1.44 bits per heavy atom. The Bertz CT molecular complexity index is 409. The average molecular weight is 266 g/mol. The summed E-state index contributed by atoms with van der Waals surface area (Å²) in [6, 6.07) is 6.68. The van der Waals surface area contributed by atoms with Gasteiger partial charge in [0.2, 0.25) is 0 Å². The van der Waals surface area contributed by atoms with Crippen molar-refractivity contribution >= 4 is 23.1 Å². The van der Waals surface area contributed by atoms with Gasteiger partial charge < -0.3 is 15.4 Å². The summed E-state index contributed by atoms with van der Waals surface area (Å²) < 4.78 is 5.75. The fraction of sp³-hybridized carbons (Fsp3) is 0.571. The lowest BCUT2D eigenvalue weighted by molar-refractivity contribution is 0.244. The van der Waals surface area contributed by atoms with E-state index in [0.29, 0.717) is 11.7 Å². The van der Waals surface area contributed by atoms with Crippen LogP contribution in [0.1, 0.15) is 20.8 Å². The molecule has 1 aliphatic heterocycles. The van der Waals surface area contributed by atoms with Crippen LogP contribution in [0.25, 0.3) is 0 Å². The van der Waals surface area contributed by atoms with Crippen molar-refractivity contribution in [1.29, 1.82) is 0 Å². The molecule has 1 atom stereocenters. The van der Waals surface area contributed by atoms with Crippen LogP contribution in [-0.4, -0.2) is 30.2 Å². The molecule has 1 aromatic rings. The zero-order valence-electron chi connectivity index (χ0n) is 11.3. The van der Waals surface area contributed by atoms with Gasteiger partial charge in [-0.2, -0.15) is 11.8 Å². The molecule has 1 fully saturated rings. The van der Waals surface area contributed by atoms with Crippen LogP contribution < -0.4 is 15.4 Å². The van der Waals surface area contributed by atoms with E-state index in [9.17, 15) is 0 Å². The maximum atomic E-state index is 5.95. The Labute approximate surface area is 114 Å². The molecule has 2 rings (SSSR count). The summed E-state index contributed by atoms with van der Waals surface area (Å²) in [4.78, 5) is 2.43. The van der Waals surface area contributed by atoms with E-state index in [0.717, 1.165) is 12.3 Å². The zero-order chi connectivity index (χ0) is 13.1. The monoisotopic (exact) mass is 266 g/mol. The van der Waals surface area contributed by atoms with Gasteiger partial charge in [0.1, 0.15) is 5.75 Å². The fourth-order valence-corrected chi connectivity index (χ4v) is 3.18. The summed E-state index contributed by atoms with van der Waals surface area (Å²) in [6.07, 6.45) is 0.150. The van der Waals surface area contributed by atoms with Gasteiger partial charge in [-0.25, -0.2) is 0 Å². The molecule has 0 amide bonds. The number of hydrogen-bond donors (Lipinski definition) is 1. The van der Waals surface area contributed by atoms with Crippen molar-refractivity contribution in [3.63, 3.8) is 0 Å². The van der Waals surface area contributed by atoms with Crippen LogP contribution in [0, 0.1) is 0 Å². The highest BCUT2D eigenvalue weighted by Crippen LogP contribution is 2.31. The molecule has 1 saturated heterocycles. The lowest BCUT2D eigenvalue weighted by Crippen LogP contribution is -2.40. The SMILES string of the molecule is CC(C)Oc1cc(N2CCSCC2C)ccc1N. The fourth-order valence-electron chi connectivity index (χ4n) is 2.17. The summed E-state index contributed by atoms with van der Waals surface area (Å²) in [6.45, 7) is 7.40. The van der Waals surface area contributed by atoms with Crippen LogP contribution in [0.2, 0.25) is 0 Å². The summed E-state index contributed by atoms with van der Waals surface area (Å²) in [5.74, 6) is 3.17. The van der Waals surface area contributed by atoms with Gasteiger partial charge in [0.05, 0.1) is 11.8 Å². The molecule has 4 heteroatoms. The third-order valence-corrected chi connectivity index (χ3v) is 4.25. The molecule has 100 valence electrons. The van der Waals surface area contributed by atoms with Crippen LogP contribution in [-0.2, 0) is 0 Å². The van der Waals surface area contributed by atoms with Crippen molar-refractivity contribution in [2.24, 2.45) is 0 Å². The summed E-state index contributed by atoms with van der Waals surface area (Å²) in [5, 5.41) is 0. The van der Waals surface area contributed by atoms with Gasteiger partial charge in [0.15, 0.2) is 0 Å². The second-order valence-corrected chi connectivity index (χ2v) is 6.16. The van der Waals surface area contributed by atoms with Crippen LogP contribution in [0.4, 0.5) is 11.4 Å². The van der Waals surface area contributed by atoms with Gasteiger partial charge in [0, 0.05) is 35.8 Å². The van der Waals surface area contributed by atoms with Crippen molar-refractivity contribution in [1.82, 2.24) is 0 Å². The molecule has 1 aliphatic rings. The Morgan fingerprint density at radius 3 is 2.89 bits per heavy atom. The molecule has 0 saturated carbocycles. The molecule has 0 radical (unpaired) electrons. The lowest BCUT2D eigenvalue weighted by atomic mass is 10.2. The van der Waals surface area contributed by atoms with Gasteiger partial charge in [-0.15, -0.1) is 0 Å². The average Bonchev–Trinajstić information content (AvgIpc) is 2.32. The van der Waals surface area contributed by atoms with Crippen molar-refractivity contribution in [3.8, 4) is 5.75 Å². The van der Waals surface area contributed by atoms with Gasteiger partial charge >= 0.3 is 0 Å². The third kappa shape index (κ3) is 3.05. The quantitative estimate of drug-likeness (QED) is 0.854. The second-order valence-electron chi connectivity index (χ2n) is 5.01. The Morgan fingerprint density at radius 2 is 2.22 bits per heavy atom. The molecular formula is C14H22N2OS. The predicted octanol–water partition coefficient (Wildman–Crippen LogP) is 3.00. The number of hydrogen-bond acceptors (Lipinski definition) is 4. The predicted molar refractivity (Wildman–Crippen MR) is 80.8 cm³/mol. The number of nitrogens with zero attached hydrogens (tertiary/aromatic N) is 1. The first kappa shape index (κ1) is 13.4. The lowest BCUT2D eigenvalue weighted by Gasteiger charge is -2.35. The highest BCUT2D eigenvalue weighted by molar-refractivity contribution is 7.99. The van der Waals surface area contributed by atoms with E-state index in [4.69, 9.17) is 10.5 Å². The maximum absolute atomic E-state index is 5.95. The smallest absolute Gasteiger partial charge is 0.144 e. The van der Waals surface area contributed by atoms with Crippen LogP contribution >= 0.6 is 11.8 Å². The molecule has 0 aliphatic carbocycles. The Balaban J connectivity index is 2.22. The second kappa shape index (κ2) is 5.74. The molecule has 1 aromatic carbocycles. The first-order chi connectivity index (χ1) is 8.58. The summed E-state index contributed by atoms with van der Waals surface area (Å²) in [7, 11) is 0.